The van der Waals surface area contributed by atoms with Gasteiger partial charge in [0.25, 0.3) is 0 Å². The largest absolute Gasteiger partial charge is 0.311 e. The molecule has 0 aliphatic carbocycles. The minimum Gasteiger partial charge on any atom is -0.311 e. The maximum Gasteiger partial charge on any atom is 0.00702 e. The Balaban J connectivity index is 2.03. The summed E-state index contributed by atoms with van der Waals surface area (Å²) in [6.45, 7) is 4.56. The summed E-state index contributed by atoms with van der Waals surface area (Å²) in [4.78, 5) is 0. The molecule has 0 spiro atoms. The van der Waals surface area contributed by atoms with Crippen molar-refractivity contribution in [2.24, 2.45) is 0 Å². The van der Waals surface area contributed by atoms with Crippen LogP contribution < -0.4 is 5.32 Å². The van der Waals surface area contributed by atoms with E-state index in [0.29, 0.717) is 0 Å². The smallest absolute Gasteiger partial charge is 0.00702 e. The van der Waals surface area contributed by atoms with Crippen LogP contribution in [-0.4, -0.2) is 12.1 Å². The molecule has 2 atom stereocenters. The molecule has 1 fully saturated rings. The van der Waals surface area contributed by atoms with Crippen LogP contribution in [0.25, 0.3) is 0 Å². The quantitative estimate of drug-likeness (QED) is 0.622. The first-order valence-electron chi connectivity index (χ1n) is 6.12. The molecule has 1 heteroatoms. The predicted molar refractivity (Wildman–Crippen MR) is 59.0 cm³/mol. The van der Waals surface area contributed by atoms with E-state index in [-0.39, 0.29) is 0 Å². The number of rotatable bonds is 6. The zero-order chi connectivity index (χ0) is 9.52. The third-order valence-corrected chi connectivity index (χ3v) is 3.13. The predicted octanol–water partition coefficient (Wildman–Crippen LogP) is 3.49. The monoisotopic (exact) mass is 183 g/mol. The van der Waals surface area contributed by atoms with Crippen LogP contribution in [0, 0.1) is 0 Å². The Labute approximate surface area is 83.3 Å². The van der Waals surface area contributed by atoms with Gasteiger partial charge < -0.3 is 5.32 Å². The van der Waals surface area contributed by atoms with Crippen LogP contribution in [0.5, 0.6) is 0 Å². The Hall–Kier alpha value is -0.0400. The molecule has 1 nitrogen and oxygen atoms in total. The van der Waals surface area contributed by atoms with Crippen molar-refractivity contribution < 1.29 is 0 Å². The van der Waals surface area contributed by atoms with Crippen LogP contribution in [0.1, 0.15) is 65.2 Å². The van der Waals surface area contributed by atoms with Crippen molar-refractivity contribution in [3.63, 3.8) is 0 Å². The third-order valence-electron chi connectivity index (χ3n) is 3.13. The number of hydrogen-bond acceptors (Lipinski definition) is 1. The molecule has 0 bridgehead atoms. The highest BCUT2D eigenvalue weighted by molar-refractivity contribution is 4.82. The van der Waals surface area contributed by atoms with Gasteiger partial charge in [-0.15, -0.1) is 0 Å². The van der Waals surface area contributed by atoms with E-state index in [4.69, 9.17) is 0 Å². The summed E-state index contributed by atoms with van der Waals surface area (Å²) < 4.78 is 0. The van der Waals surface area contributed by atoms with Crippen LogP contribution in [-0.2, 0) is 0 Å². The first kappa shape index (κ1) is 11.0. The van der Waals surface area contributed by atoms with E-state index >= 15 is 0 Å². The third kappa shape index (κ3) is 4.12. The van der Waals surface area contributed by atoms with Crippen LogP contribution in [0.15, 0.2) is 0 Å². The minimum absolute atomic E-state index is 0.844. The standard InChI is InChI=1S/C12H25N/c1-3-5-6-8-12-10-9-11(13-12)7-4-2/h11-13H,3-10H2,1-2H3/t11-,12-/m1/s1. The van der Waals surface area contributed by atoms with Gasteiger partial charge >= 0.3 is 0 Å². The van der Waals surface area contributed by atoms with Crippen LogP contribution in [0.4, 0.5) is 0 Å². The van der Waals surface area contributed by atoms with Gasteiger partial charge in [-0.2, -0.15) is 0 Å². The van der Waals surface area contributed by atoms with Crippen molar-refractivity contribution in [2.75, 3.05) is 0 Å². The zero-order valence-corrected chi connectivity index (χ0v) is 9.31. The first-order valence-corrected chi connectivity index (χ1v) is 6.12. The molecule has 1 heterocycles. The van der Waals surface area contributed by atoms with Crippen molar-refractivity contribution in [1.29, 1.82) is 0 Å². The molecule has 0 aromatic carbocycles. The molecular formula is C12H25N. The van der Waals surface area contributed by atoms with Crippen molar-refractivity contribution in [3.8, 4) is 0 Å². The number of unbranched alkanes of at least 4 members (excludes halogenated alkanes) is 2. The zero-order valence-electron chi connectivity index (χ0n) is 9.31. The van der Waals surface area contributed by atoms with Crippen molar-refractivity contribution in [3.05, 3.63) is 0 Å². The Morgan fingerprint density at radius 2 is 1.62 bits per heavy atom. The van der Waals surface area contributed by atoms with Gasteiger partial charge in [0.2, 0.25) is 0 Å². The fraction of sp³-hybridized carbons (Fsp3) is 1.00. The SMILES string of the molecule is CCCCC[C@@H]1CC[C@@H](CCC)N1. The maximum atomic E-state index is 3.75. The topological polar surface area (TPSA) is 12.0 Å². The van der Waals surface area contributed by atoms with Crippen molar-refractivity contribution >= 4 is 0 Å². The van der Waals surface area contributed by atoms with E-state index in [1.54, 1.807) is 0 Å². The van der Waals surface area contributed by atoms with Crippen molar-refractivity contribution in [1.82, 2.24) is 5.32 Å². The van der Waals surface area contributed by atoms with Gasteiger partial charge in [0.1, 0.15) is 0 Å². The van der Waals surface area contributed by atoms with Gasteiger partial charge in [-0.05, 0) is 25.7 Å². The highest BCUT2D eigenvalue weighted by Crippen LogP contribution is 2.20. The lowest BCUT2D eigenvalue weighted by atomic mass is 10.1. The Morgan fingerprint density at radius 1 is 0.923 bits per heavy atom. The van der Waals surface area contributed by atoms with Gasteiger partial charge in [-0.25, -0.2) is 0 Å². The number of nitrogens with one attached hydrogen (secondary N) is 1. The molecule has 0 amide bonds. The van der Waals surface area contributed by atoms with E-state index in [1.807, 2.05) is 0 Å². The van der Waals surface area contributed by atoms with Crippen LogP contribution in [0.2, 0.25) is 0 Å². The number of hydrogen-bond donors (Lipinski definition) is 1. The Kier molecular flexibility index (Phi) is 5.45. The van der Waals surface area contributed by atoms with Gasteiger partial charge in [0.05, 0.1) is 0 Å². The van der Waals surface area contributed by atoms with E-state index < -0.39 is 0 Å². The molecular weight excluding hydrogens is 158 g/mol. The van der Waals surface area contributed by atoms with E-state index in [1.165, 1.54) is 51.4 Å². The van der Waals surface area contributed by atoms with Crippen LogP contribution in [0.3, 0.4) is 0 Å². The Morgan fingerprint density at radius 3 is 2.23 bits per heavy atom. The minimum atomic E-state index is 0.844. The van der Waals surface area contributed by atoms with E-state index in [2.05, 4.69) is 19.2 Å². The second-order valence-corrected chi connectivity index (χ2v) is 4.42. The molecule has 0 aromatic rings. The molecule has 78 valence electrons. The maximum absolute atomic E-state index is 3.75. The summed E-state index contributed by atoms with van der Waals surface area (Å²) in [7, 11) is 0. The van der Waals surface area contributed by atoms with Gasteiger partial charge in [-0.1, -0.05) is 39.5 Å². The van der Waals surface area contributed by atoms with E-state index in [9.17, 15) is 0 Å². The second-order valence-electron chi connectivity index (χ2n) is 4.42. The summed E-state index contributed by atoms with van der Waals surface area (Å²) in [5.74, 6) is 0. The molecule has 0 radical (unpaired) electrons. The molecule has 1 saturated heterocycles. The lowest BCUT2D eigenvalue weighted by Crippen LogP contribution is -2.28. The van der Waals surface area contributed by atoms with Crippen molar-refractivity contribution in [2.45, 2.75) is 77.3 Å². The van der Waals surface area contributed by atoms with E-state index in [0.717, 1.165) is 12.1 Å². The van der Waals surface area contributed by atoms with Gasteiger partial charge in [0, 0.05) is 12.1 Å². The summed E-state index contributed by atoms with van der Waals surface area (Å²) in [5, 5.41) is 3.75. The first-order chi connectivity index (χ1) is 6.36. The molecule has 1 rings (SSSR count). The average molecular weight is 183 g/mol. The van der Waals surface area contributed by atoms with Crippen LogP contribution >= 0.6 is 0 Å². The molecule has 1 aliphatic heterocycles. The fourth-order valence-electron chi connectivity index (χ4n) is 2.35. The molecule has 1 aliphatic rings. The Bertz CT molecular complexity index is 122. The molecule has 1 N–H and O–H groups in total. The molecule has 0 saturated carbocycles. The molecule has 0 aromatic heterocycles. The van der Waals surface area contributed by atoms with Gasteiger partial charge in [0.15, 0.2) is 0 Å². The highest BCUT2D eigenvalue weighted by Gasteiger charge is 2.21. The molecule has 0 unspecified atom stereocenters. The summed E-state index contributed by atoms with van der Waals surface area (Å²) in [5.41, 5.74) is 0. The average Bonchev–Trinajstić information content (AvgIpc) is 2.54. The van der Waals surface area contributed by atoms with Gasteiger partial charge in [-0.3, -0.25) is 0 Å². The normalized spacial score (nSPS) is 28.2. The highest BCUT2D eigenvalue weighted by atomic mass is 15.0. The molecule has 13 heavy (non-hydrogen) atoms. The lowest BCUT2D eigenvalue weighted by molar-refractivity contribution is 0.471. The summed E-state index contributed by atoms with van der Waals surface area (Å²) in [6.07, 6.45) is 11.2. The summed E-state index contributed by atoms with van der Waals surface area (Å²) in [6, 6.07) is 1.69. The summed E-state index contributed by atoms with van der Waals surface area (Å²) >= 11 is 0. The lowest BCUT2D eigenvalue weighted by Gasteiger charge is -2.13. The second kappa shape index (κ2) is 6.42. The fourth-order valence-corrected chi connectivity index (χ4v) is 2.35.